The number of nitrogens with zero attached hydrogens (tertiary/aromatic N) is 1. The molecule has 0 aliphatic rings. The van der Waals surface area contributed by atoms with Crippen LogP contribution in [0, 0.1) is 0 Å². The van der Waals surface area contributed by atoms with Gasteiger partial charge in [-0.1, -0.05) is 18.5 Å². The van der Waals surface area contributed by atoms with Gasteiger partial charge in [-0.3, -0.25) is 4.79 Å². The molecule has 0 radical (unpaired) electrons. The highest BCUT2D eigenvalue weighted by Crippen LogP contribution is 2.30. The summed E-state index contributed by atoms with van der Waals surface area (Å²) in [6.45, 7) is 7.02. The van der Waals surface area contributed by atoms with Crippen molar-refractivity contribution in [1.29, 1.82) is 0 Å². The van der Waals surface area contributed by atoms with Crippen molar-refractivity contribution < 1.29 is 9.90 Å². The zero-order valence-corrected chi connectivity index (χ0v) is 11.2. The van der Waals surface area contributed by atoms with Crippen LogP contribution < -0.4 is 0 Å². The van der Waals surface area contributed by atoms with Gasteiger partial charge in [-0.25, -0.2) is 0 Å². The molecular weight excluding hydrogens is 238 g/mol. The first kappa shape index (κ1) is 13.8. The number of hydrogen-bond donors (Lipinski definition) is 1. The van der Waals surface area contributed by atoms with Gasteiger partial charge in [0.15, 0.2) is 0 Å². The molecule has 1 aromatic rings. The summed E-state index contributed by atoms with van der Waals surface area (Å²) in [6.07, 6.45) is 0.776. The Hall–Kier alpha value is -1.22. The molecule has 1 N–H and O–H groups in total. The van der Waals surface area contributed by atoms with Crippen LogP contribution >= 0.6 is 11.6 Å². The number of aryl methyl sites for hydroxylation is 1. The van der Waals surface area contributed by atoms with Gasteiger partial charge in [-0.2, -0.15) is 0 Å². The monoisotopic (exact) mass is 255 g/mol. The van der Waals surface area contributed by atoms with E-state index < -0.39 is 0 Å². The van der Waals surface area contributed by atoms with E-state index in [1.165, 1.54) is 0 Å². The molecule has 0 aromatic heterocycles. The zero-order valence-electron chi connectivity index (χ0n) is 10.5. The number of rotatable bonds is 4. The summed E-state index contributed by atoms with van der Waals surface area (Å²) in [4.78, 5) is 13.8. The number of amides is 1. The van der Waals surface area contributed by atoms with Crippen LogP contribution in [0.4, 0.5) is 0 Å². The fourth-order valence-corrected chi connectivity index (χ4v) is 1.95. The molecule has 0 atom stereocenters. The summed E-state index contributed by atoms with van der Waals surface area (Å²) in [5.74, 6) is -0.300. The molecule has 0 aliphatic carbocycles. The zero-order chi connectivity index (χ0) is 13.0. The Bertz CT molecular complexity index is 414. The van der Waals surface area contributed by atoms with Crippen LogP contribution in [0.3, 0.4) is 0 Å². The van der Waals surface area contributed by atoms with Gasteiger partial charge in [0, 0.05) is 13.1 Å². The van der Waals surface area contributed by atoms with E-state index in [1.54, 1.807) is 17.0 Å². The Morgan fingerprint density at radius 3 is 2.35 bits per heavy atom. The minimum absolute atomic E-state index is 0.124. The van der Waals surface area contributed by atoms with E-state index in [9.17, 15) is 9.90 Å². The fraction of sp³-hybridized carbons (Fsp3) is 0.462. The maximum absolute atomic E-state index is 12.2. The van der Waals surface area contributed by atoms with E-state index in [2.05, 4.69) is 0 Å². The molecule has 1 aromatic carbocycles. The summed E-state index contributed by atoms with van der Waals surface area (Å²) in [7, 11) is 0. The number of carbonyl (C=O) groups is 1. The first-order valence-corrected chi connectivity index (χ1v) is 6.23. The van der Waals surface area contributed by atoms with Gasteiger partial charge in [0.2, 0.25) is 0 Å². The predicted octanol–water partition coefficient (Wildman–Crippen LogP) is 3.09. The summed E-state index contributed by atoms with van der Waals surface area (Å²) in [5.41, 5.74) is 1.24. The molecule has 0 spiro atoms. The normalized spacial score (nSPS) is 10.4. The first-order valence-electron chi connectivity index (χ1n) is 5.85. The molecule has 0 unspecified atom stereocenters. The van der Waals surface area contributed by atoms with Crippen LogP contribution in [0.2, 0.25) is 5.02 Å². The third kappa shape index (κ3) is 2.91. The Morgan fingerprint density at radius 1 is 1.29 bits per heavy atom. The smallest absolute Gasteiger partial charge is 0.257 e. The third-order valence-electron chi connectivity index (χ3n) is 2.81. The Kier molecular flexibility index (Phi) is 4.82. The lowest BCUT2D eigenvalue weighted by Gasteiger charge is -2.20. The highest BCUT2D eigenvalue weighted by atomic mass is 35.5. The molecule has 0 aliphatic heterocycles. The van der Waals surface area contributed by atoms with Gasteiger partial charge in [0.1, 0.15) is 5.75 Å². The molecule has 3 nitrogen and oxygen atoms in total. The molecule has 0 heterocycles. The predicted molar refractivity (Wildman–Crippen MR) is 69.7 cm³/mol. The second kappa shape index (κ2) is 5.92. The average Bonchev–Trinajstić information content (AvgIpc) is 2.33. The van der Waals surface area contributed by atoms with Crippen LogP contribution in [0.15, 0.2) is 12.1 Å². The van der Waals surface area contributed by atoms with Gasteiger partial charge in [0.25, 0.3) is 5.91 Å². The quantitative estimate of drug-likeness (QED) is 0.898. The molecule has 1 amide bonds. The lowest BCUT2D eigenvalue weighted by Crippen LogP contribution is -2.30. The van der Waals surface area contributed by atoms with Gasteiger partial charge in [-0.05, 0) is 38.0 Å². The maximum Gasteiger partial charge on any atom is 0.257 e. The number of phenols is 1. The van der Waals surface area contributed by atoms with Crippen LogP contribution in [-0.4, -0.2) is 29.0 Å². The SMILES string of the molecule is CCc1cc(Cl)c(O)c(C(=O)N(CC)CC)c1. The average molecular weight is 256 g/mol. The fourth-order valence-electron chi connectivity index (χ4n) is 1.70. The van der Waals surface area contributed by atoms with Gasteiger partial charge in [0.05, 0.1) is 10.6 Å². The van der Waals surface area contributed by atoms with E-state index in [-0.39, 0.29) is 22.2 Å². The van der Waals surface area contributed by atoms with Crippen molar-refractivity contribution in [3.05, 3.63) is 28.3 Å². The van der Waals surface area contributed by atoms with Gasteiger partial charge in [-0.15, -0.1) is 0 Å². The van der Waals surface area contributed by atoms with Crippen molar-refractivity contribution in [2.45, 2.75) is 27.2 Å². The standard InChI is InChI=1S/C13H18ClNO2/c1-4-9-7-10(12(16)11(14)8-9)13(17)15(5-2)6-3/h7-8,16H,4-6H2,1-3H3. The third-order valence-corrected chi connectivity index (χ3v) is 3.10. The topological polar surface area (TPSA) is 40.5 Å². The highest BCUT2D eigenvalue weighted by Gasteiger charge is 2.19. The summed E-state index contributed by atoms with van der Waals surface area (Å²) < 4.78 is 0. The van der Waals surface area contributed by atoms with E-state index in [0.717, 1.165) is 12.0 Å². The second-order valence-corrected chi connectivity index (χ2v) is 4.21. The number of carbonyl (C=O) groups excluding carboxylic acids is 1. The second-order valence-electron chi connectivity index (χ2n) is 3.80. The number of benzene rings is 1. The largest absolute Gasteiger partial charge is 0.506 e. The van der Waals surface area contributed by atoms with Crippen molar-refractivity contribution in [2.75, 3.05) is 13.1 Å². The lowest BCUT2D eigenvalue weighted by molar-refractivity contribution is 0.0770. The van der Waals surface area contributed by atoms with E-state index in [1.807, 2.05) is 20.8 Å². The highest BCUT2D eigenvalue weighted by molar-refractivity contribution is 6.32. The van der Waals surface area contributed by atoms with Crippen molar-refractivity contribution >= 4 is 17.5 Å². The van der Waals surface area contributed by atoms with Crippen molar-refractivity contribution in [2.24, 2.45) is 0 Å². The summed E-state index contributed by atoms with van der Waals surface area (Å²) in [5, 5.41) is 10.1. The maximum atomic E-state index is 12.2. The molecule has 0 saturated heterocycles. The van der Waals surface area contributed by atoms with E-state index in [0.29, 0.717) is 13.1 Å². The number of aromatic hydroxyl groups is 1. The van der Waals surface area contributed by atoms with Crippen molar-refractivity contribution in [3.63, 3.8) is 0 Å². The molecule has 0 fully saturated rings. The molecule has 4 heteroatoms. The molecular formula is C13H18ClNO2. The number of halogens is 1. The minimum Gasteiger partial charge on any atom is -0.506 e. The Balaban J connectivity index is 3.20. The van der Waals surface area contributed by atoms with E-state index in [4.69, 9.17) is 11.6 Å². The van der Waals surface area contributed by atoms with Crippen LogP contribution in [0.5, 0.6) is 5.75 Å². The van der Waals surface area contributed by atoms with Crippen LogP contribution in [-0.2, 0) is 6.42 Å². The van der Waals surface area contributed by atoms with Gasteiger partial charge < -0.3 is 10.0 Å². The first-order chi connectivity index (χ1) is 8.04. The Morgan fingerprint density at radius 2 is 1.88 bits per heavy atom. The number of phenolic OH excluding ortho intramolecular Hbond substituents is 1. The molecule has 94 valence electrons. The lowest BCUT2D eigenvalue weighted by atomic mass is 10.1. The number of hydrogen-bond acceptors (Lipinski definition) is 2. The van der Waals surface area contributed by atoms with Crippen LogP contribution in [0.1, 0.15) is 36.7 Å². The minimum atomic E-state index is -0.176. The van der Waals surface area contributed by atoms with Crippen molar-refractivity contribution in [3.8, 4) is 5.75 Å². The van der Waals surface area contributed by atoms with Gasteiger partial charge >= 0.3 is 0 Å². The summed E-state index contributed by atoms with van der Waals surface area (Å²) in [6, 6.07) is 3.40. The molecule has 0 saturated carbocycles. The van der Waals surface area contributed by atoms with E-state index >= 15 is 0 Å². The Labute approximate surface area is 107 Å². The molecule has 1 rings (SSSR count). The van der Waals surface area contributed by atoms with Crippen LogP contribution in [0.25, 0.3) is 0 Å². The molecule has 17 heavy (non-hydrogen) atoms. The molecule has 0 bridgehead atoms. The summed E-state index contributed by atoms with van der Waals surface area (Å²) >= 11 is 5.91. The van der Waals surface area contributed by atoms with Crippen molar-refractivity contribution in [1.82, 2.24) is 4.90 Å².